The molecule has 0 unspecified atom stereocenters. The largest absolute Gasteiger partial charge is 0.439 e. The van der Waals surface area contributed by atoms with E-state index in [1.54, 1.807) is 24.3 Å². The van der Waals surface area contributed by atoms with Gasteiger partial charge in [0.25, 0.3) is 0 Å². The first-order valence-corrected chi connectivity index (χ1v) is 9.24. The molecule has 0 saturated carbocycles. The second-order valence-electron chi connectivity index (χ2n) is 6.40. The number of hydrogen-bond acceptors (Lipinski definition) is 5. The number of piperazine rings is 1. The van der Waals surface area contributed by atoms with Gasteiger partial charge in [0.05, 0.1) is 0 Å². The maximum Gasteiger partial charge on any atom is 0.224 e. The quantitative estimate of drug-likeness (QED) is 0.797. The topological polar surface area (TPSA) is 58.6 Å². The predicted octanol–water partition coefficient (Wildman–Crippen LogP) is 3.76. The second kappa shape index (κ2) is 8.36. The lowest BCUT2D eigenvalue weighted by molar-refractivity contribution is -0.133. The Kier molecular flexibility index (Phi) is 5.93. The smallest absolute Gasteiger partial charge is 0.224 e. The molecule has 0 radical (unpaired) electrons. The monoisotopic (exact) mass is 374 g/mol. The van der Waals surface area contributed by atoms with Gasteiger partial charge in [-0.1, -0.05) is 18.5 Å². The van der Waals surface area contributed by atoms with Crippen molar-refractivity contribution in [2.45, 2.75) is 32.7 Å². The number of carbonyl (C=O) groups is 1. The van der Waals surface area contributed by atoms with E-state index >= 15 is 0 Å². The van der Waals surface area contributed by atoms with Crippen LogP contribution in [0.2, 0.25) is 5.02 Å². The van der Waals surface area contributed by atoms with Gasteiger partial charge in [-0.25, -0.2) is 9.97 Å². The van der Waals surface area contributed by atoms with Gasteiger partial charge in [0, 0.05) is 43.2 Å². The third-order valence-corrected chi connectivity index (χ3v) is 4.65. The van der Waals surface area contributed by atoms with Crippen LogP contribution in [-0.2, 0) is 4.79 Å². The summed E-state index contributed by atoms with van der Waals surface area (Å²) in [6.45, 7) is 6.30. The molecule has 7 heteroatoms. The third kappa shape index (κ3) is 4.43. The molecule has 0 spiro atoms. The fourth-order valence-electron chi connectivity index (χ4n) is 3.08. The van der Waals surface area contributed by atoms with Crippen molar-refractivity contribution in [3.05, 3.63) is 41.7 Å². The summed E-state index contributed by atoms with van der Waals surface area (Å²) in [7, 11) is 0. The minimum Gasteiger partial charge on any atom is -0.439 e. The van der Waals surface area contributed by atoms with Crippen molar-refractivity contribution in [2.24, 2.45) is 0 Å². The zero-order valence-corrected chi connectivity index (χ0v) is 15.8. The third-order valence-electron chi connectivity index (χ3n) is 4.40. The predicted molar refractivity (Wildman–Crippen MR) is 102 cm³/mol. The molecule has 1 saturated heterocycles. The Bertz CT molecular complexity index is 753. The summed E-state index contributed by atoms with van der Waals surface area (Å²) in [5, 5.41) is 0.658. The number of ether oxygens (including phenoxy) is 1. The molecule has 1 atom stereocenters. The fourth-order valence-corrected chi connectivity index (χ4v) is 3.20. The molecule has 3 rings (SSSR count). The first-order chi connectivity index (χ1) is 12.6. The molecule has 1 fully saturated rings. The van der Waals surface area contributed by atoms with Crippen molar-refractivity contribution in [3.63, 3.8) is 0 Å². The Labute approximate surface area is 158 Å². The summed E-state index contributed by atoms with van der Waals surface area (Å²) >= 11 is 5.89. The molecule has 0 aliphatic carbocycles. The maximum atomic E-state index is 12.2. The molecule has 138 valence electrons. The summed E-state index contributed by atoms with van der Waals surface area (Å²) in [5.74, 6) is 2.18. The standard InChI is InChI=1S/C19H23ClN4O2/c1-3-4-19(25)24-10-9-23(12-14(24)2)17-11-18(22-13-21-17)26-16-7-5-15(20)6-8-16/h5-8,11,13-14H,3-4,9-10,12H2,1-2H3/t14-/m0/s1. The minimum atomic E-state index is 0.151. The Morgan fingerprint density at radius 3 is 2.73 bits per heavy atom. The number of rotatable bonds is 5. The molecule has 6 nitrogen and oxygen atoms in total. The van der Waals surface area contributed by atoms with Crippen molar-refractivity contribution < 1.29 is 9.53 Å². The number of aromatic nitrogens is 2. The molecule has 0 bridgehead atoms. The van der Waals surface area contributed by atoms with E-state index in [2.05, 4.69) is 21.8 Å². The molecule has 2 aromatic rings. The van der Waals surface area contributed by atoms with E-state index in [9.17, 15) is 4.79 Å². The van der Waals surface area contributed by atoms with Gasteiger partial charge in [0.1, 0.15) is 17.9 Å². The highest BCUT2D eigenvalue weighted by Gasteiger charge is 2.27. The molecular weight excluding hydrogens is 352 g/mol. The van der Waals surface area contributed by atoms with Crippen molar-refractivity contribution in [1.82, 2.24) is 14.9 Å². The van der Waals surface area contributed by atoms with Crippen molar-refractivity contribution in [2.75, 3.05) is 24.5 Å². The number of amides is 1. The van der Waals surface area contributed by atoms with E-state index in [1.807, 2.05) is 17.9 Å². The van der Waals surface area contributed by atoms with Gasteiger partial charge >= 0.3 is 0 Å². The van der Waals surface area contributed by atoms with Gasteiger partial charge in [-0.05, 0) is 37.6 Å². The number of hydrogen-bond donors (Lipinski definition) is 0. The van der Waals surface area contributed by atoms with Crippen LogP contribution in [0.1, 0.15) is 26.7 Å². The normalized spacial score (nSPS) is 17.3. The molecule has 1 aromatic carbocycles. The van der Waals surface area contributed by atoms with Crippen LogP contribution in [0.15, 0.2) is 36.7 Å². The highest BCUT2D eigenvalue weighted by molar-refractivity contribution is 6.30. The zero-order valence-electron chi connectivity index (χ0n) is 15.1. The van der Waals surface area contributed by atoms with Crippen LogP contribution >= 0.6 is 11.6 Å². The average molecular weight is 375 g/mol. The van der Waals surface area contributed by atoms with E-state index in [0.29, 0.717) is 29.6 Å². The van der Waals surface area contributed by atoms with Crippen molar-refractivity contribution in [1.29, 1.82) is 0 Å². The summed E-state index contributed by atoms with van der Waals surface area (Å²) < 4.78 is 5.78. The fraction of sp³-hybridized carbons (Fsp3) is 0.421. The second-order valence-corrected chi connectivity index (χ2v) is 6.84. The summed E-state index contributed by atoms with van der Waals surface area (Å²) in [6.07, 6.45) is 2.99. The first-order valence-electron chi connectivity index (χ1n) is 8.86. The number of halogens is 1. The number of nitrogens with zero attached hydrogens (tertiary/aromatic N) is 4. The lowest BCUT2D eigenvalue weighted by Gasteiger charge is -2.40. The van der Waals surface area contributed by atoms with Crippen LogP contribution < -0.4 is 9.64 Å². The van der Waals surface area contributed by atoms with E-state index < -0.39 is 0 Å². The van der Waals surface area contributed by atoms with Gasteiger partial charge in [-0.15, -0.1) is 0 Å². The summed E-state index contributed by atoms with van der Waals surface area (Å²) in [5.41, 5.74) is 0. The molecule has 0 N–H and O–H groups in total. The van der Waals surface area contributed by atoms with E-state index in [4.69, 9.17) is 16.3 Å². The molecular formula is C19H23ClN4O2. The molecule has 26 heavy (non-hydrogen) atoms. The van der Waals surface area contributed by atoms with E-state index in [0.717, 1.165) is 25.3 Å². The number of benzene rings is 1. The Morgan fingerprint density at radius 1 is 1.27 bits per heavy atom. The van der Waals surface area contributed by atoms with Gasteiger partial charge in [-0.2, -0.15) is 0 Å². The maximum absolute atomic E-state index is 12.2. The van der Waals surface area contributed by atoms with Crippen LogP contribution in [0.4, 0.5) is 5.82 Å². The zero-order chi connectivity index (χ0) is 18.5. The molecule has 1 aliphatic rings. The highest BCUT2D eigenvalue weighted by atomic mass is 35.5. The van der Waals surface area contributed by atoms with Gasteiger partial charge in [0.15, 0.2) is 0 Å². The molecule has 2 heterocycles. The minimum absolute atomic E-state index is 0.151. The van der Waals surface area contributed by atoms with Crippen LogP contribution in [0.25, 0.3) is 0 Å². The molecule has 1 amide bonds. The van der Waals surface area contributed by atoms with Gasteiger partial charge < -0.3 is 14.5 Å². The van der Waals surface area contributed by atoms with Crippen LogP contribution in [0, 0.1) is 0 Å². The summed E-state index contributed by atoms with van der Waals surface area (Å²) in [6, 6.07) is 9.11. The Balaban J connectivity index is 1.67. The summed E-state index contributed by atoms with van der Waals surface area (Å²) in [4.78, 5) is 24.9. The van der Waals surface area contributed by atoms with Gasteiger partial charge in [-0.3, -0.25) is 4.79 Å². The van der Waals surface area contributed by atoms with E-state index in [-0.39, 0.29) is 11.9 Å². The lowest BCUT2D eigenvalue weighted by atomic mass is 10.1. The van der Waals surface area contributed by atoms with Crippen LogP contribution in [0.3, 0.4) is 0 Å². The number of anilines is 1. The first kappa shape index (κ1) is 18.5. The SMILES string of the molecule is CCCC(=O)N1CCN(c2cc(Oc3ccc(Cl)cc3)ncn2)C[C@@H]1C. The molecule has 1 aliphatic heterocycles. The van der Waals surface area contributed by atoms with Crippen molar-refractivity contribution >= 4 is 23.3 Å². The highest BCUT2D eigenvalue weighted by Crippen LogP contribution is 2.25. The van der Waals surface area contributed by atoms with E-state index in [1.165, 1.54) is 6.33 Å². The Morgan fingerprint density at radius 2 is 2.04 bits per heavy atom. The number of carbonyl (C=O) groups excluding carboxylic acids is 1. The lowest BCUT2D eigenvalue weighted by Crippen LogP contribution is -2.54. The molecule has 1 aromatic heterocycles. The van der Waals surface area contributed by atoms with Crippen LogP contribution in [0.5, 0.6) is 11.6 Å². The van der Waals surface area contributed by atoms with Gasteiger partial charge in [0.2, 0.25) is 11.8 Å². The van der Waals surface area contributed by atoms with Crippen molar-refractivity contribution in [3.8, 4) is 11.6 Å². The Hall–Kier alpha value is -2.34. The average Bonchev–Trinajstić information content (AvgIpc) is 2.64. The van der Waals surface area contributed by atoms with Crippen LogP contribution in [-0.4, -0.2) is 46.5 Å².